The number of fused-ring (bicyclic) bond motifs is 1. The number of aromatic nitrogens is 1. The third-order valence-electron chi connectivity index (χ3n) is 4.96. The van der Waals surface area contributed by atoms with Crippen molar-refractivity contribution in [1.29, 1.82) is 0 Å². The topological polar surface area (TPSA) is 51.7 Å². The summed E-state index contributed by atoms with van der Waals surface area (Å²) in [6.45, 7) is 1.95. The number of thiophene rings is 1. The number of rotatable bonds is 5. The van der Waals surface area contributed by atoms with Crippen LogP contribution in [0, 0.1) is 5.92 Å². The van der Waals surface area contributed by atoms with E-state index in [2.05, 4.69) is 4.98 Å². The molecule has 1 saturated carbocycles. The lowest BCUT2D eigenvalue weighted by Crippen LogP contribution is -2.51. The normalized spacial score (nSPS) is 25.6. The van der Waals surface area contributed by atoms with E-state index in [4.69, 9.17) is 9.47 Å². The first-order chi connectivity index (χ1) is 12.3. The SMILES string of the molecule is O=C(Cc1cccs1)N1CCOC2CC(COc3ccccn3)CC21. The molecule has 2 aliphatic rings. The highest BCUT2D eigenvalue weighted by Gasteiger charge is 2.42. The molecule has 5 nitrogen and oxygen atoms in total. The summed E-state index contributed by atoms with van der Waals surface area (Å²) in [5.41, 5.74) is 0. The highest BCUT2D eigenvalue weighted by Crippen LogP contribution is 2.35. The van der Waals surface area contributed by atoms with Crippen molar-refractivity contribution in [3.63, 3.8) is 0 Å². The fourth-order valence-electron chi connectivity index (χ4n) is 3.80. The highest BCUT2D eigenvalue weighted by molar-refractivity contribution is 7.10. The van der Waals surface area contributed by atoms with Gasteiger partial charge in [-0.05, 0) is 36.3 Å². The maximum atomic E-state index is 12.7. The molecule has 1 amide bonds. The highest BCUT2D eigenvalue weighted by atomic mass is 32.1. The number of carbonyl (C=O) groups excluding carboxylic acids is 1. The van der Waals surface area contributed by atoms with E-state index in [0.717, 1.165) is 17.7 Å². The first kappa shape index (κ1) is 16.5. The summed E-state index contributed by atoms with van der Waals surface area (Å²) in [7, 11) is 0. The van der Waals surface area contributed by atoms with Crippen molar-refractivity contribution < 1.29 is 14.3 Å². The fraction of sp³-hybridized carbons (Fsp3) is 0.474. The Morgan fingerprint density at radius 2 is 2.28 bits per heavy atom. The van der Waals surface area contributed by atoms with Crippen molar-refractivity contribution in [2.45, 2.75) is 31.4 Å². The largest absolute Gasteiger partial charge is 0.477 e. The van der Waals surface area contributed by atoms with E-state index in [1.54, 1.807) is 17.5 Å². The predicted octanol–water partition coefficient (Wildman–Crippen LogP) is 2.77. The fourth-order valence-corrected chi connectivity index (χ4v) is 4.49. The average Bonchev–Trinajstić information content (AvgIpc) is 3.29. The first-order valence-corrected chi connectivity index (χ1v) is 9.65. The lowest BCUT2D eigenvalue weighted by atomic mass is 10.1. The molecule has 0 spiro atoms. The van der Waals surface area contributed by atoms with Gasteiger partial charge in [0.25, 0.3) is 0 Å². The molecule has 1 saturated heterocycles. The van der Waals surface area contributed by atoms with Gasteiger partial charge >= 0.3 is 0 Å². The monoisotopic (exact) mass is 358 g/mol. The van der Waals surface area contributed by atoms with Gasteiger partial charge in [0.15, 0.2) is 0 Å². The van der Waals surface area contributed by atoms with Gasteiger partial charge < -0.3 is 14.4 Å². The van der Waals surface area contributed by atoms with Crippen LogP contribution in [0.25, 0.3) is 0 Å². The summed E-state index contributed by atoms with van der Waals surface area (Å²) in [5, 5.41) is 2.02. The summed E-state index contributed by atoms with van der Waals surface area (Å²) >= 11 is 1.64. The molecule has 3 atom stereocenters. The Labute approximate surface area is 151 Å². The number of morpholine rings is 1. The van der Waals surface area contributed by atoms with Crippen LogP contribution in [0.4, 0.5) is 0 Å². The van der Waals surface area contributed by atoms with E-state index in [1.165, 1.54) is 0 Å². The number of hydrogen-bond donors (Lipinski definition) is 0. The standard InChI is InChI=1S/C19H22N2O3S/c22-19(12-15-4-3-9-25-15)21-7-8-23-17-11-14(10-16(17)21)13-24-18-5-1-2-6-20-18/h1-6,9,14,16-17H,7-8,10-13H2. The first-order valence-electron chi connectivity index (χ1n) is 8.77. The lowest BCUT2D eigenvalue weighted by Gasteiger charge is -2.37. The molecular formula is C19H22N2O3S. The third-order valence-corrected chi connectivity index (χ3v) is 5.84. The zero-order chi connectivity index (χ0) is 17.1. The van der Waals surface area contributed by atoms with Gasteiger partial charge in [0.2, 0.25) is 11.8 Å². The van der Waals surface area contributed by atoms with Crippen molar-refractivity contribution in [2.75, 3.05) is 19.8 Å². The van der Waals surface area contributed by atoms with E-state index < -0.39 is 0 Å². The van der Waals surface area contributed by atoms with Gasteiger partial charge in [-0.2, -0.15) is 0 Å². The number of pyridine rings is 1. The minimum Gasteiger partial charge on any atom is -0.477 e. The number of hydrogen-bond acceptors (Lipinski definition) is 5. The molecule has 6 heteroatoms. The van der Waals surface area contributed by atoms with Crippen LogP contribution in [0.5, 0.6) is 5.88 Å². The minimum absolute atomic E-state index is 0.137. The molecule has 1 aliphatic carbocycles. The molecule has 4 rings (SSSR count). The third kappa shape index (κ3) is 3.85. The predicted molar refractivity (Wildman–Crippen MR) is 95.7 cm³/mol. The van der Waals surface area contributed by atoms with E-state index in [9.17, 15) is 4.79 Å². The molecule has 3 unspecified atom stereocenters. The van der Waals surface area contributed by atoms with Gasteiger partial charge in [-0.25, -0.2) is 4.98 Å². The van der Waals surface area contributed by atoms with Crippen molar-refractivity contribution in [3.8, 4) is 5.88 Å². The van der Waals surface area contributed by atoms with Gasteiger partial charge in [-0.15, -0.1) is 11.3 Å². The second kappa shape index (κ2) is 7.54. The second-order valence-corrected chi connectivity index (χ2v) is 7.67. The number of amides is 1. The van der Waals surface area contributed by atoms with Crippen molar-refractivity contribution >= 4 is 17.2 Å². The molecule has 0 N–H and O–H groups in total. The van der Waals surface area contributed by atoms with Gasteiger partial charge in [0.05, 0.1) is 31.8 Å². The van der Waals surface area contributed by atoms with Crippen LogP contribution in [0.3, 0.4) is 0 Å². The van der Waals surface area contributed by atoms with Crippen LogP contribution in [0.15, 0.2) is 41.9 Å². The Morgan fingerprint density at radius 1 is 1.32 bits per heavy atom. The maximum absolute atomic E-state index is 12.7. The average molecular weight is 358 g/mol. The summed E-state index contributed by atoms with van der Waals surface area (Å²) in [6, 6.07) is 9.87. The Kier molecular flexibility index (Phi) is 4.99. The molecule has 3 heterocycles. The van der Waals surface area contributed by atoms with Crippen molar-refractivity contribution in [2.24, 2.45) is 5.92 Å². The van der Waals surface area contributed by atoms with E-state index >= 15 is 0 Å². The van der Waals surface area contributed by atoms with E-state index in [1.807, 2.05) is 40.6 Å². The number of nitrogens with zero attached hydrogens (tertiary/aromatic N) is 2. The molecule has 2 aromatic rings. The minimum atomic E-state index is 0.137. The van der Waals surface area contributed by atoms with Crippen LogP contribution in [0.2, 0.25) is 0 Å². The zero-order valence-electron chi connectivity index (χ0n) is 14.0. The zero-order valence-corrected chi connectivity index (χ0v) is 14.9. The van der Waals surface area contributed by atoms with Gasteiger partial charge in [0.1, 0.15) is 0 Å². The molecular weight excluding hydrogens is 336 g/mol. The van der Waals surface area contributed by atoms with Crippen LogP contribution in [-0.2, 0) is 16.0 Å². The van der Waals surface area contributed by atoms with Gasteiger partial charge in [0, 0.05) is 23.7 Å². The summed E-state index contributed by atoms with van der Waals surface area (Å²) in [6.07, 6.45) is 4.25. The van der Waals surface area contributed by atoms with Crippen LogP contribution in [-0.4, -0.2) is 47.7 Å². The van der Waals surface area contributed by atoms with Gasteiger partial charge in [-0.1, -0.05) is 12.1 Å². The molecule has 1 aliphatic heterocycles. The molecule has 0 aromatic carbocycles. The van der Waals surface area contributed by atoms with Crippen LogP contribution < -0.4 is 4.74 Å². The maximum Gasteiger partial charge on any atom is 0.228 e. The van der Waals surface area contributed by atoms with Crippen molar-refractivity contribution in [1.82, 2.24) is 9.88 Å². The molecule has 0 bridgehead atoms. The quantitative estimate of drug-likeness (QED) is 0.825. The Balaban J connectivity index is 1.35. The summed E-state index contributed by atoms with van der Waals surface area (Å²) in [4.78, 5) is 20.1. The number of ether oxygens (including phenoxy) is 2. The Hall–Kier alpha value is -1.92. The van der Waals surface area contributed by atoms with E-state index in [0.29, 0.717) is 38.0 Å². The Bertz CT molecular complexity index is 692. The van der Waals surface area contributed by atoms with Crippen LogP contribution >= 0.6 is 11.3 Å². The Morgan fingerprint density at radius 3 is 3.08 bits per heavy atom. The molecule has 0 radical (unpaired) electrons. The smallest absolute Gasteiger partial charge is 0.228 e. The lowest BCUT2D eigenvalue weighted by molar-refractivity contribution is -0.143. The molecule has 25 heavy (non-hydrogen) atoms. The van der Waals surface area contributed by atoms with E-state index in [-0.39, 0.29) is 18.1 Å². The van der Waals surface area contributed by atoms with Crippen molar-refractivity contribution in [3.05, 3.63) is 46.8 Å². The molecule has 132 valence electrons. The van der Waals surface area contributed by atoms with Crippen LogP contribution in [0.1, 0.15) is 17.7 Å². The summed E-state index contributed by atoms with van der Waals surface area (Å²) < 4.78 is 11.7. The summed E-state index contributed by atoms with van der Waals surface area (Å²) in [5.74, 6) is 1.27. The molecule has 2 aromatic heterocycles. The second-order valence-electron chi connectivity index (χ2n) is 6.64. The number of carbonyl (C=O) groups is 1. The molecule has 2 fully saturated rings. The van der Waals surface area contributed by atoms with Gasteiger partial charge in [-0.3, -0.25) is 4.79 Å².